The number of nitrogens with zero attached hydrogens (tertiary/aromatic N) is 1. The number of hydrazone groups is 1. The van der Waals surface area contributed by atoms with Crippen molar-refractivity contribution in [1.29, 1.82) is 0 Å². The van der Waals surface area contributed by atoms with Crippen molar-refractivity contribution in [3.05, 3.63) is 70.5 Å². The average molecular weight is 270 g/mol. The van der Waals surface area contributed by atoms with Crippen LogP contribution in [0.15, 0.2) is 47.6 Å². The van der Waals surface area contributed by atoms with Gasteiger partial charge in [-0.2, -0.15) is 5.10 Å². The van der Waals surface area contributed by atoms with Gasteiger partial charge >= 0.3 is 0 Å². The fourth-order valence-corrected chi connectivity index (χ4v) is 1.70. The molecule has 0 fully saturated rings. The number of benzene rings is 2. The number of nitrogens with one attached hydrogen (secondary N) is 1. The van der Waals surface area contributed by atoms with E-state index in [9.17, 15) is 9.18 Å². The molecule has 0 bridgehead atoms. The molecule has 4 heteroatoms. The first-order valence-electron chi connectivity index (χ1n) is 6.22. The summed E-state index contributed by atoms with van der Waals surface area (Å²) in [5.74, 6) is -0.629. The standard InChI is InChI=1S/C16H15FN2O/c1-11-6-7-14(8-12(11)2)16(20)19-18-10-13-4-3-5-15(17)9-13/h3-10H,1-2H3,(H,19,20). The minimum atomic E-state index is -0.338. The SMILES string of the molecule is Cc1ccc(C(=O)NN=Cc2cccc(F)c2)cc1C. The number of hydrogen-bond acceptors (Lipinski definition) is 2. The van der Waals surface area contributed by atoms with Gasteiger partial charge in [-0.05, 0) is 54.8 Å². The summed E-state index contributed by atoms with van der Waals surface area (Å²) in [5, 5.41) is 3.82. The Morgan fingerprint density at radius 2 is 1.95 bits per heavy atom. The highest BCUT2D eigenvalue weighted by atomic mass is 19.1. The number of aryl methyl sites for hydroxylation is 2. The summed E-state index contributed by atoms with van der Waals surface area (Å²) in [6.45, 7) is 3.93. The molecule has 0 aliphatic rings. The molecule has 20 heavy (non-hydrogen) atoms. The molecule has 102 valence electrons. The Bertz CT molecular complexity index is 665. The van der Waals surface area contributed by atoms with Crippen molar-refractivity contribution < 1.29 is 9.18 Å². The summed E-state index contributed by atoms with van der Waals surface area (Å²) in [4.78, 5) is 11.9. The van der Waals surface area contributed by atoms with Gasteiger partial charge in [0.25, 0.3) is 5.91 Å². The van der Waals surface area contributed by atoms with Crippen LogP contribution < -0.4 is 5.43 Å². The molecule has 0 saturated heterocycles. The number of halogens is 1. The van der Waals surface area contributed by atoms with Crippen LogP contribution in [0.4, 0.5) is 4.39 Å². The highest BCUT2D eigenvalue weighted by Gasteiger charge is 2.04. The Kier molecular flexibility index (Phi) is 4.25. The van der Waals surface area contributed by atoms with E-state index < -0.39 is 0 Å². The molecule has 0 radical (unpaired) electrons. The first kappa shape index (κ1) is 13.9. The predicted octanol–water partition coefficient (Wildman–Crippen LogP) is 3.21. The third-order valence-corrected chi connectivity index (χ3v) is 3.00. The number of carbonyl (C=O) groups excluding carboxylic acids is 1. The van der Waals surface area contributed by atoms with Gasteiger partial charge in [-0.1, -0.05) is 18.2 Å². The Morgan fingerprint density at radius 3 is 2.65 bits per heavy atom. The number of carbonyl (C=O) groups is 1. The maximum Gasteiger partial charge on any atom is 0.271 e. The highest BCUT2D eigenvalue weighted by molar-refractivity contribution is 5.95. The van der Waals surface area contributed by atoms with E-state index in [1.807, 2.05) is 26.0 Å². The maximum absolute atomic E-state index is 13.0. The summed E-state index contributed by atoms with van der Waals surface area (Å²) in [6.07, 6.45) is 1.40. The van der Waals surface area contributed by atoms with Gasteiger partial charge in [0.05, 0.1) is 6.21 Å². The number of rotatable bonds is 3. The van der Waals surface area contributed by atoms with E-state index in [2.05, 4.69) is 10.5 Å². The molecular weight excluding hydrogens is 255 g/mol. The van der Waals surface area contributed by atoms with Gasteiger partial charge in [-0.15, -0.1) is 0 Å². The van der Waals surface area contributed by atoms with Crippen molar-refractivity contribution in [2.45, 2.75) is 13.8 Å². The quantitative estimate of drug-likeness (QED) is 0.675. The van der Waals surface area contributed by atoms with Gasteiger partial charge in [-0.25, -0.2) is 9.82 Å². The molecule has 1 amide bonds. The van der Waals surface area contributed by atoms with Crippen LogP contribution in [-0.4, -0.2) is 12.1 Å². The van der Waals surface area contributed by atoms with Gasteiger partial charge < -0.3 is 0 Å². The molecule has 2 aromatic carbocycles. The monoisotopic (exact) mass is 270 g/mol. The topological polar surface area (TPSA) is 41.5 Å². The van der Waals surface area contributed by atoms with E-state index in [4.69, 9.17) is 0 Å². The molecular formula is C16H15FN2O. The Morgan fingerprint density at radius 1 is 1.15 bits per heavy atom. The Balaban J connectivity index is 2.03. The normalized spacial score (nSPS) is 10.8. The Labute approximate surface area is 117 Å². The van der Waals surface area contributed by atoms with Crippen molar-refractivity contribution >= 4 is 12.1 Å². The molecule has 3 nitrogen and oxygen atoms in total. The largest absolute Gasteiger partial charge is 0.271 e. The lowest BCUT2D eigenvalue weighted by Gasteiger charge is -2.03. The first-order chi connectivity index (χ1) is 9.56. The van der Waals surface area contributed by atoms with Crippen molar-refractivity contribution in [3.63, 3.8) is 0 Å². The molecule has 0 aromatic heterocycles. The third kappa shape index (κ3) is 3.51. The lowest BCUT2D eigenvalue weighted by Crippen LogP contribution is -2.17. The molecule has 0 spiro atoms. The van der Waals surface area contributed by atoms with Crippen LogP contribution in [0.2, 0.25) is 0 Å². The van der Waals surface area contributed by atoms with Gasteiger partial charge in [-0.3, -0.25) is 4.79 Å². The second-order valence-electron chi connectivity index (χ2n) is 4.55. The van der Waals surface area contributed by atoms with E-state index in [0.29, 0.717) is 11.1 Å². The van der Waals surface area contributed by atoms with Gasteiger partial charge in [0.15, 0.2) is 0 Å². The van der Waals surface area contributed by atoms with Crippen molar-refractivity contribution in [1.82, 2.24) is 5.43 Å². The summed E-state index contributed by atoms with van der Waals surface area (Å²) >= 11 is 0. The van der Waals surface area contributed by atoms with Gasteiger partial charge in [0, 0.05) is 5.56 Å². The first-order valence-corrected chi connectivity index (χ1v) is 6.22. The average Bonchev–Trinajstić information content (AvgIpc) is 2.42. The molecule has 1 N–H and O–H groups in total. The second kappa shape index (κ2) is 6.10. The minimum absolute atomic E-state index is 0.291. The lowest BCUT2D eigenvalue weighted by atomic mass is 10.1. The molecule has 2 rings (SSSR count). The molecule has 0 heterocycles. The van der Waals surface area contributed by atoms with E-state index >= 15 is 0 Å². The third-order valence-electron chi connectivity index (χ3n) is 3.00. The predicted molar refractivity (Wildman–Crippen MR) is 77.4 cm³/mol. The van der Waals surface area contributed by atoms with Crippen LogP contribution in [-0.2, 0) is 0 Å². The molecule has 0 aliphatic carbocycles. The molecule has 0 atom stereocenters. The van der Waals surface area contributed by atoms with Crippen LogP contribution in [0.3, 0.4) is 0 Å². The van der Waals surface area contributed by atoms with Crippen LogP contribution in [0.5, 0.6) is 0 Å². The summed E-state index contributed by atoms with van der Waals surface area (Å²) in [5.41, 5.74) is 5.73. The van der Waals surface area contributed by atoms with Gasteiger partial charge in [0.1, 0.15) is 5.82 Å². The summed E-state index contributed by atoms with van der Waals surface area (Å²) in [6, 6.07) is 11.4. The molecule has 0 saturated carbocycles. The van der Waals surface area contributed by atoms with Crippen LogP contribution in [0.25, 0.3) is 0 Å². The maximum atomic E-state index is 13.0. The van der Waals surface area contributed by atoms with Crippen molar-refractivity contribution in [2.24, 2.45) is 5.10 Å². The summed E-state index contributed by atoms with van der Waals surface area (Å²) in [7, 11) is 0. The molecule has 0 aliphatic heterocycles. The van der Waals surface area contributed by atoms with E-state index in [1.165, 1.54) is 18.3 Å². The van der Waals surface area contributed by atoms with Crippen LogP contribution in [0.1, 0.15) is 27.0 Å². The second-order valence-corrected chi connectivity index (χ2v) is 4.55. The lowest BCUT2D eigenvalue weighted by molar-refractivity contribution is 0.0955. The molecule has 0 unspecified atom stereocenters. The number of hydrogen-bond donors (Lipinski definition) is 1. The van der Waals surface area contributed by atoms with Crippen LogP contribution in [0, 0.1) is 19.7 Å². The number of amides is 1. The van der Waals surface area contributed by atoms with Crippen LogP contribution >= 0.6 is 0 Å². The fourth-order valence-electron chi connectivity index (χ4n) is 1.70. The Hall–Kier alpha value is -2.49. The zero-order chi connectivity index (χ0) is 14.5. The van der Waals surface area contributed by atoms with Crippen molar-refractivity contribution in [3.8, 4) is 0 Å². The zero-order valence-corrected chi connectivity index (χ0v) is 11.4. The van der Waals surface area contributed by atoms with Gasteiger partial charge in [0.2, 0.25) is 0 Å². The zero-order valence-electron chi connectivity index (χ0n) is 11.4. The highest BCUT2D eigenvalue weighted by Crippen LogP contribution is 2.09. The van der Waals surface area contributed by atoms with Crippen molar-refractivity contribution in [2.75, 3.05) is 0 Å². The summed E-state index contributed by atoms with van der Waals surface area (Å²) < 4.78 is 13.0. The van der Waals surface area contributed by atoms with E-state index in [1.54, 1.807) is 18.2 Å². The smallest absolute Gasteiger partial charge is 0.267 e. The fraction of sp³-hybridized carbons (Fsp3) is 0.125. The van der Waals surface area contributed by atoms with E-state index in [-0.39, 0.29) is 11.7 Å². The van der Waals surface area contributed by atoms with E-state index in [0.717, 1.165) is 11.1 Å². The molecule has 2 aromatic rings. The minimum Gasteiger partial charge on any atom is -0.267 e.